The molecule has 4 rings (SSSR count). The fraction of sp³-hybridized carbons (Fsp3) is 0.241. The number of hydrogen-bond acceptors (Lipinski definition) is 8. The number of benzene rings is 3. The Morgan fingerprint density at radius 2 is 1.52 bits per heavy atom. The molecule has 0 spiro atoms. The summed E-state index contributed by atoms with van der Waals surface area (Å²) in [6.07, 6.45) is 0. The average molecular weight is 562 g/mol. The van der Waals surface area contributed by atoms with Crippen molar-refractivity contribution < 1.29 is 23.8 Å². The third-order valence-corrected chi connectivity index (χ3v) is 6.96. The molecule has 0 fully saturated rings. The fourth-order valence-electron chi connectivity index (χ4n) is 3.91. The summed E-state index contributed by atoms with van der Waals surface area (Å²) in [6.45, 7) is 4.10. The van der Waals surface area contributed by atoms with E-state index in [1.807, 2.05) is 36.6 Å². The van der Waals surface area contributed by atoms with Gasteiger partial charge in [-0.3, -0.25) is 14.2 Å². The van der Waals surface area contributed by atoms with Crippen molar-refractivity contribution in [2.45, 2.75) is 25.5 Å². The normalized spacial score (nSPS) is 10.6. The zero-order chi connectivity index (χ0) is 28.6. The molecule has 4 aromatic rings. The SMILES string of the molecule is COc1ccc(NC(=O)CSc2nnc(CNC(=O)c3cc(OC)cc(OC)c3)n2-c2cc(C)ccc2C)cc1. The number of methoxy groups -OCH3 is 3. The first-order valence-electron chi connectivity index (χ1n) is 12.4. The minimum Gasteiger partial charge on any atom is -0.497 e. The van der Waals surface area contributed by atoms with Crippen LogP contribution in [0.1, 0.15) is 27.3 Å². The standard InChI is InChI=1S/C29H31N5O5S/c1-18-6-7-19(2)25(12-18)34-26(16-30-28(36)20-13-23(38-4)15-24(14-20)39-5)32-33-29(34)40-17-27(35)31-21-8-10-22(37-3)11-9-21/h6-15H,16-17H2,1-5H3,(H,30,36)(H,31,35). The molecule has 1 heterocycles. The molecule has 40 heavy (non-hydrogen) atoms. The Morgan fingerprint density at radius 3 is 2.17 bits per heavy atom. The van der Waals surface area contributed by atoms with Crippen molar-refractivity contribution in [3.63, 3.8) is 0 Å². The molecule has 2 N–H and O–H groups in total. The second kappa shape index (κ2) is 13.0. The van der Waals surface area contributed by atoms with E-state index in [2.05, 4.69) is 20.8 Å². The van der Waals surface area contributed by atoms with Crippen molar-refractivity contribution in [1.29, 1.82) is 0 Å². The van der Waals surface area contributed by atoms with Gasteiger partial charge < -0.3 is 24.8 Å². The van der Waals surface area contributed by atoms with E-state index >= 15 is 0 Å². The van der Waals surface area contributed by atoms with Crippen LogP contribution in [0.15, 0.2) is 65.8 Å². The first-order chi connectivity index (χ1) is 19.3. The number of anilines is 1. The predicted molar refractivity (Wildman–Crippen MR) is 154 cm³/mol. The molecule has 0 unspecified atom stereocenters. The summed E-state index contributed by atoms with van der Waals surface area (Å²) in [5.74, 6) is 1.86. The van der Waals surface area contributed by atoms with E-state index in [-0.39, 0.29) is 24.1 Å². The summed E-state index contributed by atoms with van der Waals surface area (Å²) < 4.78 is 17.6. The second-order valence-electron chi connectivity index (χ2n) is 8.87. The van der Waals surface area contributed by atoms with Crippen LogP contribution < -0.4 is 24.8 Å². The number of rotatable bonds is 11. The third kappa shape index (κ3) is 6.92. The molecule has 10 nitrogen and oxygen atoms in total. The summed E-state index contributed by atoms with van der Waals surface area (Å²) in [5.41, 5.74) is 3.98. The highest BCUT2D eigenvalue weighted by atomic mass is 32.2. The molecule has 0 aliphatic carbocycles. The molecule has 0 radical (unpaired) electrons. The van der Waals surface area contributed by atoms with Gasteiger partial charge in [-0.15, -0.1) is 10.2 Å². The maximum atomic E-state index is 13.0. The minimum absolute atomic E-state index is 0.108. The molecule has 208 valence electrons. The van der Waals surface area contributed by atoms with E-state index in [1.54, 1.807) is 49.6 Å². The van der Waals surface area contributed by atoms with Gasteiger partial charge in [0.05, 0.1) is 39.3 Å². The molecule has 0 bridgehead atoms. The Hall–Kier alpha value is -4.51. The van der Waals surface area contributed by atoms with Crippen LogP contribution in [0.2, 0.25) is 0 Å². The highest BCUT2D eigenvalue weighted by Crippen LogP contribution is 2.26. The molecule has 0 atom stereocenters. The summed E-state index contributed by atoms with van der Waals surface area (Å²) in [7, 11) is 4.64. The Bertz CT molecular complexity index is 1480. The van der Waals surface area contributed by atoms with Gasteiger partial charge in [-0.1, -0.05) is 23.9 Å². The van der Waals surface area contributed by atoms with Crippen molar-refractivity contribution >= 4 is 29.3 Å². The molecular formula is C29H31N5O5S. The summed E-state index contributed by atoms with van der Waals surface area (Å²) >= 11 is 1.26. The lowest BCUT2D eigenvalue weighted by molar-refractivity contribution is -0.113. The van der Waals surface area contributed by atoms with Crippen LogP contribution in [0.4, 0.5) is 5.69 Å². The average Bonchev–Trinajstić information content (AvgIpc) is 3.38. The minimum atomic E-state index is -0.319. The number of carbonyl (C=O) groups excluding carboxylic acids is 2. The van der Waals surface area contributed by atoms with Gasteiger partial charge in [0, 0.05) is 17.3 Å². The smallest absolute Gasteiger partial charge is 0.251 e. The first kappa shape index (κ1) is 28.5. The van der Waals surface area contributed by atoms with E-state index in [4.69, 9.17) is 14.2 Å². The van der Waals surface area contributed by atoms with Crippen LogP contribution in [0, 0.1) is 13.8 Å². The van der Waals surface area contributed by atoms with Crippen LogP contribution in [-0.2, 0) is 11.3 Å². The van der Waals surface area contributed by atoms with Crippen molar-refractivity contribution in [1.82, 2.24) is 20.1 Å². The Kier molecular flexibility index (Phi) is 9.28. The lowest BCUT2D eigenvalue weighted by Crippen LogP contribution is -2.25. The van der Waals surface area contributed by atoms with Gasteiger partial charge in [0.15, 0.2) is 11.0 Å². The largest absolute Gasteiger partial charge is 0.497 e. The van der Waals surface area contributed by atoms with Crippen molar-refractivity contribution in [2.24, 2.45) is 0 Å². The van der Waals surface area contributed by atoms with Gasteiger partial charge >= 0.3 is 0 Å². The quantitative estimate of drug-likeness (QED) is 0.256. The molecule has 3 aromatic carbocycles. The summed E-state index contributed by atoms with van der Waals surface area (Å²) in [6, 6.07) is 18.1. The number of carbonyl (C=O) groups is 2. The number of ether oxygens (including phenoxy) is 3. The lowest BCUT2D eigenvalue weighted by atomic mass is 10.1. The number of aromatic nitrogens is 3. The maximum Gasteiger partial charge on any atom is 0.251 e. The Morgan fingerprint density at radius 1 is 0.850 bits per heavy atom. The van der Waals surface area contributed by atoms with Crippen molar-refractivity contribution in [3.05, 3.63) is 83.2 Å². The second-order valence-corrected chi connectivity index (χ2v) is 9.82. The molecule has 11 heteroatoms. The number of nitrogens with zero attached hydrogens (tertiary/aromatic N) is 3. The fourth-order valence-corrected chi connectivity index (χ4v) is 4.68. The molecule has 0 saturated carbocycles. The van der Waals surface area contributed by atoms with E-state index in [0.717, 1.165) is 16.8 Å². The van der Waals surface area contributed by atoms with Gasteiger partial charge in [0.1, 0.15) is 17.2 Å². The van der Waals surface area contributed by atoms with Crippen molar-refractivity contribution in [3.8, 4) is 22.9 Å². The Balaban J connectivity index is 1.54. The highest BCUT2D eigenvalue weighted by molar-refractivity contribution is 7.99. The van der Waals surface area contributed by atoms with E-state index in [0.29, 0.717) is 39.5 Å². The predicted octanol–water partition coefficient (Wildman–Crippen LogP) is 4.57. The monoisotopic (exact) mass is 561 g/mol. The molecule has 2 amide bonds. The van der Waals surface area contributed by atoms with Gasteiger partial charge in [-0.2, -0.15) is 0 Å². The van der Waals surface area contributed by atoms with E-state index in [1.165, 1.54) is 26.0 Å². The van der Waals surface area contributed by atoms with E-state index in [9.17, 15) is 9.59 Å². The molecule has 0 saturated heterocycles. The molecule has 0 aliphatic rings. The molecular weight excluding hydrogens is 530 g/mol. The number of aryl methyl sites for hydroxylation is 2. The summed E-state index contributed by atoms with van der Waals surface area (Å²) in [5, 5.41) is 15.0. The number of amides is 2. The van der Waals surface area contributed by atoms with Crippen LogP contribution in [0.5, 0.6) is 17.2 Å². The van der Waals surface area contributed by atoms with Gasteiger partial charge in [-0.25, -0.2) is 0 Å². The number of nitrogens with one attached hydrogen (secondary N) is 2. The third-order valence-electron chi connectivity index (χ3n) is 6.03. The van der Waals surface area contributed by atoms with Crippen LogP contribution >= 0.6 is 11.8 Å². The molecule has 0 aliphatic heterocycles. The highest BCUT2D eigenvalue weighted by Gasteiger charge is 2.19. The summed E-state index contributed by atoms with van der Waals surface area (Å²) in [4.78, 5) is 25.7. The van der Waals surface area contributed by atoms with Gasteiger partial charge in [0.2, 0.25) is 5.91 Å². The van der Waals surface area contributed by atoms with Gasteiger partial charge in [-0.05, 0) is 67.4 Å². The maximum absolute atomic E-state index is 13.0. The molecule has 1 aromatic heterocycles. The Labute approximate surface area is 237 Å². The lowest BCUT2D eigenvalue weighted by Gasteiger charge is -2.14. The number of hydrogen-bond donors (Lipinski definition) is 2. The number of thioether (sulfide) groups is 1. The van der Waals surface area contributed by atoms with Crippen LogP contribution in [0.25, 0.3) is 5.69 Å². The topological polar surface area (TPSA) is 117 Å². The van der Waals surface area contributed by atoms with Crippen molar-refractivity contribution in [2.75, 3.05) is 32.4 Å². The van der Waals surface area contributed by atoms with E-state index < -0.39 is 0 Å². The zero-order valence-electron chi connectivity index (χ0n) is 23.0. The van der Waals surface area contributed by atoms with Gasteiger partial charge in [0.25, 0.3) is 5.91 Å². The zero-order valence-corrected chi connectivity index (χ0v) is 23.8. The first-order valence-corrected chi connectivity index (χ1v) is 13.4. The van der Waals surface area contributed by atoms with Crippen LogP contribution in [0.3, 0.4) is 0 Å². The van der Waals surface area contributed by atoms with Crippen LogP contribution in [-0.4, -0.2) is 53.7 Å².